The zero-order valence-corrected chi connectivity index (χ0v) is 16.2. The highest BCUT2D eigenvalue weighted by Gasteiger charge is 2.34. The molecule has 3 heterocycles. The number of thiophene rings is 1. The van der Waals surface area contributed by atoms with Crippen LogP contribution in [0.4, 0.5) is 0 Å². The molecule has 2 atom stereocenters. The largest absolute Gasteiger partial charge is 0.448 e. The average Bonchev–Trinajstić information content (AvgIpc) is 3.38. The third-order valence-electron chi connectivity index (χ3n) is 5.01. The molecule has 7 heteroatoms. The van der Waals surface area contributed by atoms with Crippen LogP contribution in [0.1, 0.15) is 41.2 Å². The quantitative estimate of drug-likeness (QED) is 0.685. The van der Waals surface area contributed by atoms with Crippen LogP contribution in [0.3, 0.4) is 0 Å². The van der Waals surface area contributed by atoms with Crippen LogP contribution in [0, 0.1) is 0 Å². The van der Waals surface area contributed by atoms with Gasteiger partial charge in [0.1, 0.15) is 5.69 Å². The van der Waals surface area contributed by atoms with Gasteiger partial charge in [0.05, 0.1) is 6.04 Å². The van der Waals surface area contributed by atoms with E-state index in [1.807, 2.05) is 17.5 Å². The Balaban J connectivity index is 1.50. The molecule has 0 aliphatic carbocycles. The van der Waals surface area contributed by atoms with Crippen molar-refractivity contribution in [3.63, 3.8) is 0 Å². The molecule has 4 rings (SSSR count). The van der Waals surface area contributed by atoms with Crippen molar-refractivity contribution in [3.05, 3.63) is 68.8 Å². The van der Waals surface area contributed by atoms with E-state index >= 15 is 0 Å². The second-order valence-electron chi connectivity index (χ2n) is 6.85. The summed E-state index contributed by atoms with van der Waals surface area (Å²) in [6.07, 6.45) is 0.903. The number of nitrogens with zero attached hydrogens (tertiary/aromatic N) is 1. The van der Waals surface area contributed by atoms with Crippen molar-refractivity contribution in [2.75, 3.05) is 6.54 Å². The Kier molecular flexibility index (Phi) is 5.00. The Morgan fingerprint density at radius 1 is 1.25 bits per heavy atom. The summed E-state index contributed by atoms with van der Waals surface area (Å²) >= 11 is 1.63. The number of likely N-dealkylation sites (tertiary alicyclic amines) is 1. The van der Waals surface area contributed by atoms with Crippen molar-refractivity contribution in [2.24, 2.45) is 0 Å². The second kappa shape index (κ2) is 7.59. The molecule has 1 aromatic carbocycles. The van der Waals surface area contributed by atoms with Gasteiger partial charge in [-0.3, -0.25) is 9.59 Å². The number of pyridine rings is 1. The number of H-pyrrole nitrogens is 1. The van der Waals surface area contributed by atoms with Crippen LogP contribution in [0.15, 0.2) is 52.6 Å². The van der Waals surface area contributed by atoms with Crippen molar-refractivity contribution in [1.82, 2.24) is 9.88 Å². The summed E-state index contributed by atoms with van der Waals surface area (Å²) in [5, 5.41) is 3.14. The summed E-state index contributed by atoms with van der Waals surface area (Å²) in [7, 11) is 0. The molecule has 1 amide bonds. The molecule has 144 valence electrons. The number of benzene rings is 1. The minimum atomic E-state index is -0.928. The summed E-state index contributed by atoms with van der Waals surface area (Å²) < 4.78 is 5.38. The van der Waals surface area contributed by atoms with Gasteiger partial charge in [0, 0.05) is 16.8 Å². The van der Waals surface area contributed by atoms with Gasteiger partial charge >= 0.3 is 5.97 Å². The first-order chi connectivity index (χ1) is 13.5. The smallest absolute Gasteiger partial charge is 0.355 e. The number of ether oxygens (including phenoxy) is 1. The molecule has 1 aliphatic rings. The van der Waals surface area contributed by atoms with Crippen LogP contribution in [0.5, 0.6) is 0 Å². The first-order valence-electron chi connectivity index (χ1n) is 9.21. The maximum Gasteiger partial charge on any atom is 0.355 e. The lowest BCUT2D eigenvalue weighted by molar-refractivity contribution is -0.140. The molecule has 3 aromatic rings. The van der Waals surface area contributed by atoms with E-state index in [1.165, 1.54) is 0 Å². The average molecular weight is 396 g/mol. The van der Waals surface area contributed by atoms with Crippen LogP contribution >= 0.6 is 11.3 Å². The first-order valence-corrected chi connectivity index (χ1v) is 10.1. The van der Waals surface area contributed by atoms with Crippen molar-refractivity contribution >= 4 is 34.0 Å². The molecule has 1 fully saturated rings. The van der Waals surface area contributed by atoms with E-state index in [2.05, 4.69) is 4.98 Å². The zero-order valence-electron chi connectivity index (χ0n) is 15.4. The minimum absolute atomic E-state index is 0.0362. The molecule has 0 bridgehead atoms. The molecule has 6 nitrogen and oxygen atoms in total. The summed E-state index contributed by atoms with van der Waals surface area (Å²) in [4.78, 5) is 43.0. The maximum atomic E-state index is 12.9. The fourth-order valence-electron chi connectivity index (χ4n) is 3.64. The Hall–Kier alpha value is -2.93. The van der Waals surface area contributed by atoms with Gasteiger partial charge in [-0.1, -0.05) is 24.3 Å². The predicted octanol–water partition coefficient (Wildman–Crippen LogP) is 3.50. The van der Waals surface area contributed by atoms with Gasteiger partial charge in [0.25, 0.3) is 11.5 Å². The predicted molar refractivity (Wildman–Crippen MR) is 107 cm³/mol. The highest BCUT2D eigenvalue weighted by atomic mass is 32.1. The third kappa shape index (κ3) is 3.45. The fourth-order valence-corrected chi connectivity index (χ4v) is 4.51. The number of hydrogen-bond donors (Lipinski definition) is 1. The molecule has 0 saturated carbocycles. The standard InChI is InChI=1S/C21H20N2O4S/c1-13(20(25)23-10-4-8-17(23)18-9-5-11-28-18)27-21(26)16-12-14-6-2-3-7-15(14)19(24)22-16/h2-3,5-7,9,11-13,17H,4,8,10H2,1H3,(H,22,24)/t13-,17+/m0/s1. The number of rotatable bonds is 4. The number of aromatic nitrogens is 1. The molecule has 2 aromatic heterocycles. The zero-order chi connectivity index (χ0) is 19.7. The van der Waals surface area contributed by atoms with E-state index in [0.717, 1.165) is 17.7 Å². The number of aromatic amines is 1. The Labute approximate surface area is 165 Å². The van der Waals surface area contributed by atoms with Crippen LogP contribution < -0.4 is 5.56 Å². The summed E-state index contributed by atoms with van der Waals surface area (Å²) in [5.74, 6) is -0.928. The van der Waals surface area contributed by atoms with Crippen molar-refractivity contribution in [1.29, 1.82) is 0 Å². The molecular formula is C21H20N2O4S. The van der Waals surface area contributed by atoms with Gasteiger partial charge < -0.3 is 14.6 Å². The van der Waals surface area contributed by atoms with Gasteiger partial charge in [-0.05, 0) is 48.7 Å². The van der Waals surface area contributed by atoms with Gasteiger partial charge in [-0.25, -0.2) is 4.79 Å². The van der Waals surface area contributed by atoms with Gasteiger partial charge in [0.2, 0.25) is 0 Å². The van der Waals surface area contributed by atoms with Crippen LogP contribution in [-0.4, -0.2) is 34.4 Å². The van der Waals surface area contributed by atoms with Crippen molar-refractivity contribution in [2.45, 2.75) is 31.9 Å². The Morgan fingerprint density at radius 3 is 2.86 bits per heavy atom. The third-order valence-corrected chi connectivity index (χ3v) is 5.99. The highest BCUT2D eigenvalue weighted by Crippen LogP contribution is 2.35. The number of hydrogen-bond acceptors (Lipinski definition) is 5. The Morgan fingerprint density at radius 2 is 2.07 bits per heavy atom. The normalized spacial score (nSPS) is 17.6. The van der Waals surface area contributed by atoms with E-state index < -0.39 is 12.1 Å². The number of carbonyl (C=O) groups is 2. The minimum Gasteiger partial charge on any atom is -0.448 e. The molecule has 0 unspecified atom stereocenters. The lowest BCUT2D eigenvalue weighted by Crippen LogP contribution is -2.39. The molecule has 28 heavy (non-hydrogen) atoms. The number of fused-ring (bicyclic) bond motifs is 1. The van der Waals surface area contributed by atoms with E-state index in [0.29, 0.717) is 17.3 Å². The molecule has 1 saturated heterocycles. The molecular weight excluding hydrogens is 376 g/mol. The lowest BCUT2D eigenvalue weighted by Gasteiger charge is -2.26. The van der Waals surface area contributed by atoms with E-state index in [-0.39, 0.29) is 23.2 Å². The van der Waals surface area contributed by atoms with Crippen molar-refractivity contribution in [3.8, 4) is 0 Å². The summed E-state index contributed by atoms with van der Waals surface area (Å²) in [5.41, 5.74) is -0.319. The van der Waals surface area contributed by atoms with E-state index in [9.17, 15) is 14.4 Å². The van der Waals surface area contributed by atoms with Gasteiger partial charge in [0.15, 0.2) is 6.10 Å². The summed E-state index contributed by atoms with van der Waals surface area (Å²) in [6.45, 7) is 2.22. The summed E-state index contributed by atoms with van der Waals surface area (Å²) in [6, 6.07) is 12.6. The Bertz CT molecular complexity index is 1070. The highest BCUT2D eigenvalue weighted by molar-refractivity contribution is 7.10. The molecule has 1 N–H and O–H groups in total. The monoisotopic (exact) mass is 396 g/mol. The molecule has 1 aliphatic heterocycles. The number of nitrogens with one attached hydrogen (secondary N) is 1. The van der Waals surface area contributed by atoms with E-state index in [1.54, 1.807) is 53.5 Å². The van der Waals surface area contributed by atoms with Crippen LogP contribution in [0.2, 0.25) is 0 Å². The maximum absolute atomic E-state index is 12.9. The first kappa shape index (κ1) is 18.4. The second-order valence-corrected chi connectivity index (χ2v) is 7.83. The van der Waals surface area contributed by atoms with Crippen LogP contribution in [-0.2, 0) is 9.53 Å². The van der Waals surface area contributed by atoms with E-state index in [4.69, 9.17) is 4.74 Å². The van der Waals surface area contributed by atoms with Gasteiger partial charge in [-0.2, -0.15) is 0 Å². The SMILES string of the molecule is C[C@H](OC(=O)c1cc2ccccc2c(=O)[nH]1)C(=O)N1CCC[C@@H]1c1cccs1. The van der Waals surface area contributed by atoms with Crippen LogP contribution in [0.25, 0.3) is 10.8 Å². The topological polar surface area (TPSA) is 79.5 Å². The fraction of sp³-hybridized carbons (Fsp3) is 0.286. The van der Waals surface area contributed by atoms with Gasteiger partial charge in [-0.15, -0.1) is 11.3 Å². The van der Waals surface area contributed by atoms with Crippen molar-refractivity contribution < 1.29 is 14.3 Å². The molecule has 0 radical (unpaired) electrons. The number of carbonyl (C=O) groups excluding carboxylic acids is 2. The lowest BCUT2D eigenvalue weighted by atomic mass is 10.1. The number of esters is 1. The molecule has 0 spiro atoms. The number of amides is 1.